The summed E-state index contributed by atoms with van der Waals surface area (Å²) < 4.78 is 0. The van der Waals surface area contributed by atoms with E-state index < -0.39 is 0 Å². The van der Waals surface area contributed by atoms with Gasteiger partial charge in [-0.25, -0.2) is 0 Å². The Balaban J connectivity index is 1.77. The number of anilines is 2. The van der Waals surface area contributed by atoms with Crippen molar-refractivity contribution in [3.63, 3.8) is 0 Å². The van der Waals surface area contributed by atoms with E-state index in [1.165, 1.54) is 11.3 Å². The van der Waals surface area contributed by atoms with E-state index in [9.17, 15) is 9.59 Å². The molecule has 0 saturated carbocycles. The molecule has 0 bridgehead atoms. The molecule has 6 nitrogen and oxygen atoms in total. The molecule has 1 fully saturated rings. The van der Waals surface area contributed by atoms with Gasteiger partial charge in [0.15, 0.2) is 0 Å². The van der Waals surface area contributed by atoms with Gasteiger partial charge >= 0.3 is 0 Å². The van der Waals surface area contributed by atoms with Crippen LogP contribution < -0.4 is 10.2 Å². The van der Waals surface area contributed by atoms with E-state index in [2.05, 4.69) is 29.4 Å². The van der Waals surface area contributed by atoms with Crippen LogP contribution in [0.25, 0.3) is 0 Å². The van der Waals surface area contributed by atoms with Crippen molar-refractivity contribution in [2.45, 2.75) is 45.4 Å². The highest BCUT2D eigenvalue weighted by atomic mass is 35.5. The number of rotatable bonds is 6. The lowest BCUT2D eigenvalue weighted by molar-refractivity contribution is -0.117. The van der Waals surface area contributed by atoms with Crippen LogP contribution in [0.2, 0.25) is 5.02 Å². The predicted octanol–water partition coefficient (Wildman–Crippen LogP) is 4.47. The second-order valence-electron chi connectivity index (χ2n) is 6.23. The SMILES string of the molecule is CCC(CC)c1nnc(NC(=O)c2ccc(Cl)c(N3CCCC3=O)c2)s1. The first-order valence-electron chi connectivity index (χ1n) is 8.78. The summed E-state index contributed by atoms with van der Waals surface area (Å²) in [7, 11) is 0. The first-order valence-corrected chi connectivity index (χ1v) is 9.97. The topological polar surface area (TPSA) is 75.2 Å². The van der Waals surface area contributed by atoms with Gasteiger partial charge in [0.2, 0.25) is 11.0 Å². The number of hydrogen-bond acceptors (Lipinski definition) is 5. The van der Waals surface area contributed by atoms with Crippen LogP contribution in [0.15, 0.2) is 18.2 Å². The molecule has 0 spiro atoms. The molecule has 0 radical (unpaired) electrons. The first-order chi connectivity index (χ1) is 12.5. The molecule has 1 aromatic heterocycles. The van der Waals surface area contributed by atoms with Gasteiger partial charge in [-0.15, -0.1) is 10.2 Å². The minimum Gasteiger partial charge on any atom is -0.311 e. The lowest BCUT2D eigenvalue weighted by atomic mass is 10.1. The lowest BCUT2D eigenvalue weighted by Gasteiger charge is -2.18. The first kappa shape index (κ1) is 18.8. The van der Waals surface area contributed by atoms with Gasteiger partial charge in [0.1, 0.15) is 5.01 Å². The van der Waals surface area contributed by atoms with E-state index in [1.54, 1.807) is 23.1 Å². The number of halogens is 1. The Bertz CT molecular complexity index is 819. The quantitative estimate of drug-likeness (QED) is 0.786. The number of aromatic nitrogens is 2. The van der Waals surface area contributed by atoms with E-state index in [-0.39, 0.29) is 11.8 Å². The zero-order chi connectivity index (χ0) is 18.7. The minimum absolute atomic E-state index is 0.0309. The second-order valence-corrected chi connectivity index (χ2v) is 7.64. The Morgan fingerprint density at radius 1 is 1.35 bits per heavy atom. The fourth-order valence-electron chi connectivity index (χ4n) is 3.02. The van der Waals surface area contributed by atoms with E-state index in [0.717, 1.165) is 24.3 Å². The molecular weight excluding hydrogens is 372 g/mol. The summed E-state index contributed by atoms with van der Waals surface area (Å²) in [4.78, 5) is 26.2. The highest BCUT2D eigenvalue weighted by Crippen LogP contribution is 2.31. The van der Waals surface area contributed by atoms with E-state index in [4.69, 9.17) is 11.6 Å². The zero-order valence-electron chi connectivity index (χ0n) is 14.8. The third-order valence-corrected chi connectivity index (χ3v) is 5.89. The van der Waals surface area contributed by atoms with Crippen molar-refractivity contribution in [2.75, 3.05) is 16.8 Å². The lowest BCUT2D eigenvalue weighted by Crippen LogP contribution is -2.24. The molecule has 0 atom stereocenters. The summed E-state index contributed by atoms with van der Waals surface area (Å²) >= 11 is 7.63. The smallest absolute Gasteiger partial charge is 0.257 e. The summed E-state index contributed by atoms with van der Waals surface area (Å²) in [5.41, 5.74) is 1.01. The maximum Gasteiger partial charge on any atom is 0.257 e. The van der Waals surface area contributed by atoms with Crippen LogP contribution in [-0.4, -0.2) is 28.6 Å². The molecule has 2 heterocycles. The average molecular weight is 393 g/mol. The molecule has 1 saturated heterocycles. The standard InChI is InChI=1S/C18H21ClN4O2S/c1-3-11(4-2)17-21-22-18(26-17)20-16(25)12-7-8-13(19)14(10-12)23-9-5-6-15(23)24/h7-8,10-11H,3-6,9H2,1-2H3,(H,20,22,25). The van der Waals surface area contributed by atoms with Crippen LogP contribution in [0.3, 0.4) is 0 Å². The van der Waals surface area contributed by atoms with Crippen LogP contribution in [0, 0.1) is 0 Å². The van der Waals surface area contributed by atoms with Crippen LogP contribution in [0.5, 0.6) is 0 Å². The Hall–Kier alpha value is -1.99. The molecule has 8 heteroatoms. The highest BCUT2D eigenvalue weighted by Gasteiger charge is 2.24. The van der Waals surface area contributed by atoms with Crippen molar-refractivity contribution in [1.29, 1.82) is 0 Å². The molecule has 2 aromatic rings. The Kier molecular flexibility index (Phi) is 5.88. The molecule has 2 amide bonds. The summed E-state index contributed by atoms with van der Waals surface area (Å²) in [5, 5.41) is 12.9. The molecule has 1 aliphatic heterocycles. The summed E-state index contributed by atoms with van der Waals surface area (Å²) in [5.74, 6) is 0.103. The predicted molar refractivity (Wildman–Crippen MR) is 104 cm³/mol. The zero-order valence-corrected chi connectivity index (χ0v) is 16.4. The number of nitrogens with zero attached hydrogens (tertiary/aromatic N) is 3. The molecular formula is C18H21ClN4O2S. The third kappa shape index (κ3) is 3.88. The summed E-state index contributed by atoms with van der Waals surface area (Å²) in [6.07, 6.45) is 3.29. The molecule has 26 heavy (non-hydrogen) atoms. The van der Waals surface area contributed by atoms with Gasteiger partial charge in [0.05, 0.1) is 10.7 Å². The maximum absolute atomic E-state index is 12.6. The van der Waals surface area contributed by atoms with Crippen molar-refractivity contribution < 1.29 is 9.59 Å². The van der Waals surface area contributed by atoms with Gasteiger partial charge in [-0.2, -0.15) is 0 Å². The number of benzene rings is 1. The second kappa shape index (κ2) is 8.14. The van der Waals surface area contributed by atoms with E-state index in [1.807, 2.05) is 0 Å². The van der Waals surface area contributed by atoms with Crippen LogP contribution in [-0.2, 0) is 4.79 Å². The van der Waals surface area contributed by atoms with Crippen molar-refractivity contribution >= 4 is 45.6 Å². The van der Waals surface area contributed by atoms with E-state index >= 15 is 0 Å². The maximum atomic E-state index is 12.6. The number of carbonyl (C=O) groups is 2. The molecule has 0 aliphatic carbocycles. The highest BCUT2D eigenvalue weighted by molar-refractivity contribution is 7.15. The monoisotopic (exact) mass is 392 g/mol. The summed E-state index contributed by atoms with van der Waals surface area (Å²) in [6, 6.07) is 4.95. The van der Waals surface area contributed by atoms with Crippen LogP contribution in [0.4, 0.5) is 10.8 Å². The molecule has 1 aromatic carbocycles. The van der Waals surface area contributed by atoms with Crippen molar-refractivity contribution in [3.05, 3.63) is 33.8 Å². The summed E-state index contributed by atoms with van der Waals surface area (Å²) in [6.45, 7) is 4.85. The fraction of sp³-hybridized carbons (Fsp3) is 0.444. The molecule has 138 valence electrons. The Morgan fingerprint density at radius 3 is 2.77 bits per heavy atom. The molecule has 1 aliphatic rings. The molecule has 1 N–H and O–H groups in total. The van der Waals surface area contributed by atoms with Gasteiger partial charge in [0, 0.05) is 24.4 Å². The van der Waals surface area contributed by atoms with Crippen molar-refractivity contribution in [1.82, 2.24) is 10.2 Å². The van der Waals surface area contributed by atoms with Crippen molar-refractivity contribution in [2.24, 2.45) is 0 Å². The average Bonchev–Trinajstić information content (AvgIpc) is 3.26. The van der Waals surface area contributed by atoms with Gasteiger partial charge in [0.25, 0.3) is 5.91 Å². The van der Waals surface area contributed by atoms with Crippen LogP contribution >= 0.6 is 22.9 Å². The van der Waals surface area contributed by atoms with Gasteiger partial charge in [-0.1, -0.05) is 36.8 Å². The largest absolute Gasteiger partial charge is 0.311 e. The fourth-order valence-corrected chi connectivity index (χ4v) is 4.25. The molecule has 0 unspecified atom stereocenters. The number of nitrogens with one attached hydrogen (secondary N) is 1. The normalized spacial score (nSPS) is 14.3. The Morgan fingerprint density at radius 2 is 2.12 bits per heavy atom. The third-order valence-electron chi connectivity index (χ3n) is 4.57. The number of hydrogen-bond donors (Lipinski definition) is 1. The van der Waals surface area contributed by atoms with Gasteiger partial charge < -0.3 is 4.90 Å². The van der Waals surface area contributed by atoms with Gasteiger partial charge in [-0.05, 0) is 37.5 Å². The minimum atomic E-state index is -0.290. The Labute approximate surface area is 161 Å². The molecule has 3 rings (SSSR count). The number of amides is 2. The van der Waals surface area contributed by atoms with Crippen molar-refractivity contribution in [3.8, 4) is 0 Å². The van der Waals surface area contributed by atoms with Gasteiger partial charge in [-0.3, -0.25) is 14.9 Å². The number of carbonyl (C=O) groups excluding carboxylic acids is 2. The van der Waals surface area contributed by atoms with Crippen LogP contribution in [0.1, 0.15) is 60.8 Å². The van der Waals surface area contributed by atoms with E-state index in [0.29, 0.717) is 40.3 Å².